The van der Waals surface area contributed by atoms with Gasteiger partial charge in [0.1, 0.15) is 5.60 Å². The van der Waals surface area contributed by atoms with Gasteiger partial charge in [0.25, 0.3) is 0 Å². The van der Waals surface area contributed by atoms with Crippen molar-refractivity contribution in [3.05, 3.63) is 29.8 Å². The summed E-state index contributed by atoms with van der Waals surface area (Å²) in [5.74, 6) is 0.542. The highest BCUT2D eigenvalue weighted by Crippen LogP contribution is 2.24. The SMILES string of the molecule is CC(C)(C)OC(=O)Nc1cccc(C2CCNC2)c1. The van der Waals surface area contributed by atoms with Crippen molar-refractivity contribution in [3.8, 4) is 0 Å². The molecular formula is C15H22N2O2. The average molecular weight is 262 g/mol. The fourth-order valence-corrected chi connectivity index (χ4v) is 2.23. The number of nitrogens with one attached hydrogen (secondary N) is 2. The molecule has 2 N–H and O–H groups in total. The van der Waals surface area contributed by atoms with Gasteiger partial charge >= 0.3 is 6.09 Å². The molecule has 1 saturated heterocycles. The number of hydrogen-bond donors (Lipinski definition) is 2. The topological polar surface area (TPSA) is 50.4 Å². The highest BCUT2D eigenvalue weighted by atomic mass is 16.6. The van der Waals surface area contributed by atoms with E-state index >= 15 is 0 Å². The van der Waals surface area contributed by atoms with E-state index in [1.54, 1.807) is 0 Å². The van der Waals surface area contributed by atoms with Crippen LogP contribution in [0, 0.1) is 0 Å². The maximum Gasteiger partial charge on any atom is 0.412 e. The molecule has 4 heteroatoms. The Morgan fingerprint density at radius 3 is 2.84 bits per heavy atom. The van der Waals surface area contributed by atoms with Gasteiger partial charge in [-0.2, -0.15) is 0 Å². The molecule has 1 aliphatic heterocycles. The molecule has 0 aliphatic carbocycles. The molecular weight excluding hydrogens is 240 g/mol. The van der Waals surface area contributed by atoms with Crippen LogP contribution in [0.25, 0.3) is 0 Å². The first kappa shape index (κ1) is 13.9. The molecule has 1 aliphatic rings. The zero-order valence-electron chi connectivity index (χ0n) is 11.8. The van der Waals surface area contributed by atoms with E-state index in [1.807, 2.05) is 39.0 Å². The Hall–Kier alpha value is -1.55. The molecule has 0 spiro atoms. The van der Waals surface area contributed by atoms with Crippen LogP contribution in [0.1, 0.15) is 38.7 Å². The molecule has 2 rings (SSSR count). The van der Waals surface area contributed by atoms with Crippen LogP contribution in [0.3, 0.4) is 0 Å². The molecule has 1 aromatic rings. The Bertz CT molecular complexity index is 446. The number of carbonyl (C=O) groups excluding carboxylic acids is 1. The molecule has 1 unspecified atom stereocenters. The molecule has 0 radical (unpaired) electrons. The Morgan fingerprint density at radius 1 is 1.42 bits per heavy atom. The van der Waals surface area contributed by atoms with Crippen molar-refractivity contribution in [1.82, 2.24) is 5.32 Å². The van der Waals surface area contributed by atoms with Gasteiger partial charge in [-0.15, -0.1) is 0 Å². The zero-order chi connectivity index (χ0) is 13.9. The van der Waals surface area contributed by atoms with E-state index in [1.165, 1.54) is 5.56 Å². The van der Waals surface area contributed by atoms with Crippen LogP contribution in [0.5, 0.6) is 0 Å². The van der Waals surface area contributed by atoms with E-state index in [0.717, 1.165) is 25.2 Å². The molecule has 1 amide bonds. The van der Waals surface area contributed by atoms with Gasteiger partial charge in [-0.05, 0) is 57.4 Å². The van der Waals surface area contributed by atoms with E-state index in [9.17, 15) is 4.79 Å². The Morgan fingerprint density at radius 2 is 2.21 bits per heavy atom. The third kappa shape index (κ3) is 4.24. The summed E-state index contributed by atoms with van der Waals surface area (Å²) in [6.45, 7) is 7.64. The second kappa shape index (κ2) is 5.61. The van der Waals surface area contributed by atoms with E-state index in [-0.39, 0.29) is 0 Å². The van der Waals surface area contributed by atoms with Crippen LogP contribution in [0.4, 0.5) is 10.5 Å². The summed E-state index contributed by atoms with van der Waals surface area (Å²) in [5.41, 5.74) is 1.58. The van der Waals surface area contributed by atoms with Gasteiger partial charge in [0.2, 0.25) is 0 Å². The summed E-state index contributed by atoms with van der Waals surface area (Å²) in [4.78, 5) is 11.7. The molecule has 1 aromatic carbocycles. The molecule has 1 heterocycles. The van der Waals surface area contributed by atoms with E-state index in [2.05, 4.69) is 16.7 Å². The van der Waals surface area contributed by atoms with Gasteiger partial charge in [-0.3, -0.25) is 5.32 Å². The van der Waals surface area contributed by atoms with Crippen molar-refractivity contribution in [1.29, 1.82) is 0 Å². The number of hydrogen-bond acceptors (Lipinski definition) is 3. The Balaban J connectivity index is 2.00. The van der Waals surface area contributed by atoms with Crippen molar-refractivity contribution >= 4 is 11.8 Å². The van der Waals surface area contributed by atoms with Crippen molar-refractivity contribution in [2.45, 2.75) is 38.7 Å². The molecule has 0 bridgehead atoms. The van der Waals surface area contributed by atoms with Crippen molar-refractivity contribution < 1.29 is 9.53 Å². The summed E-state index contributed by atoms with van der Waals surface area (Å²) in [5, 5.41) is 6.13. The van der Waals surface area contributed by atoms with Crippen LogP contribution in [-0.4, -0.2) is 24.8 Å². The normalized spacial score (nSPS) is 19.2. The first-order valence-corrected chi connectivity index (χ1v) is 6.75. The van der Waals surface area contributed by atoms with Crippen LogP contribution < -0.4 is 10.6 Å². The van der Waals surface area contributed by atoms with Crippen molar-refractivity contribution in [2.75, 3.05) is 18.4 Å². The van der Waals surface area contributed by atoms with Gasteiger partial charge in [0.05, 0.1) is 0 Å². The molecule has 4 nitrogen and oxygen atoms in total. The lowest BCUT2D eigenvalue weighted by atomic mass is 9.98. The minimum Gasteiger partial charge on any atom is -0.444 e. The third-order valence-corrected chi connectivity index (χ3v) is 3.06. The monoisotopic (exact) mass is 262 g/mol. The predicted molar refractivity (Wildman–Crippen MR) is 76.5 cm³/mol. The molecule has 1 fully saturated rings. The number of carbonyl (C=O) groups is 1. The lowest BCUT2D eigenvalue weighted by Gasteiger charge is -2.20. The lowest BCUT2D eigenvalue weighted by Crippen LogP contribution is -2.27. The molecule has 0 aromatic heterocycles. The minimum absolute atomic E-state index is 0.408. The van der Waals surface area contributed by atoms with Crippen LogP contribution in [0.15, 0.2) is 24.3 Å². The highest BCUT2D eigenvalue weighted by Gasteiger charge is 2.18. The second-order valence-electron chi connectivity index (χ2n) is 5.94. The molecule has 0 saturated carbocycles. The molecule has 104 valence electrons. The van der Waals surface area contributed by atoms with Crippen molar-refractivity contribution in [2.24, 2.45) is 0 Å². The summed E-state index contributed by atoms with van der Waals surface area (Å²) in [6.07, 6.45) is 0.741. The Kier molecular flexibility index (Phi) is 4.10. The minimum atomic E-state index is -0.475. The first-order valence-electron chi connectivity index (χ1n) is 6.75. The number of benzene rings is 1. The van der Waals surface area contributed by atoms with E-state index in [0.29, 0.717) is 5.92 Å². The lowest BCUT2D eigenvalue weighted by molar-refractivity contribution is 0.0636. The summed E-state index contributed by atoms with van der Waals surface area (Å²) in [6, 6.07) is 8.00. The smallest absolute Gasteiger partial charge is 0.412 e. The maximum absolute atomic E-state index is 11.7. The van der Waals surface area contributed by atoms with Gasteiger partial charge in [-0.1, -0.05) is 12.1 Å². The Labute approximate surface area is 114 Å². The first-order chi connectivity index (χ1) is 8.94. The van der Waals surface area contributed by atoms with Gasteiger partial charge in [0.15, 0.2) is 0 Å². The molecule has 1 atom stereocenters. The fourth-order valence-electron chi connectivity index (χ4n) is 2.23. The predicted octanol–water partition coefficient (Wildman–Crippen LogP) is 3.11. The highest BCUT2D eigenvalue weighted by molar-refractivity contribution is 5.84. The average Bonchev–Trinajstić information content (AvgIpc) is 2.79. The fraction of sp³-hybridized carbons (Fsp3) is 0.533. The standard InChI is InChI=1S/C15H22N2O2/c1-15(2,3)19-14(18)17-13-6-4-5-11(9-13)12-7-8-16-10-12/h4-6,9,12,16H,7-8,10H2,1-3H3,(H,17,18). The number of rotatable bonds is 2. The van der Waals surface area contributed by atoms with E-state index in [4.69, 9.17) is 4.74 Å². The number of amides is 1. The van der Waals surface area contributed by atoms with Crippen LogP contribution in [0.2, 0.25) is 0 Å². The number of ether oxygens (including phenoxy) is 1. The van der Waals surface area contributed by atoms with Gasteiger partial charge in [0, 0.05) is 12.2 Å². The van der Waals surface area contributed by atoms with Crippen LogP contribution in [-0.2, 0) is 4.74 Å². The van der Waals surface area contributed by atoms with Crippen LogP contribution >= 0.6 is 0 Å². The van der Waals surface area contributed by atoms with E-state index < -0.39 is 11.7 Å². The zero-order valence-corrected chi connectivity index (χ0v) is 11.8. The van der Waals surface area contributed by atoms with Gasteiger partial charge < -0.3 is 10.1 Å². The van der Waals surface area contributed by atoms with Crippen molar-refractivity contribution in [3.63, 3.8) is 0 Å². The molecule has 19 heavy (non-hydrogen) atoms. The summed E-state index contributed by atoms with van der Waals surface area (Å²) >= 11 is 0. The summed E-state index contributed by atoms with van der Waals surface area (Å²) < 4.78 is 5.24. The number of anilines is 1. The maximum atomic E-state index is 11.7. The summed E-state index contributed by atoms with van der Waals surface area (Å²) in [7, 11) is 0. The second-order valence-corrected chi connectivity index (χ2v) is 5.94. The largest absolute Gasteiger partial charge is 0.444 e. The quantitative estimate of drug-likeness (QED) is 0.861. The van der Waals surface area contributed by atoms with Gasteiger partial charge in [-0.25, -0.2) is 4.79 Å². The third-order valence-electron chi connectivity index (χ3n) is 3.06.